The Balaban J connectivity index is 2.36. The van der Waals surface area contributed by atoms with Crippen molar-refractivity contribution < 1.29 is 36.2 Å². The molecule has 2 rings (SSSR count). The van der Waals surface area contributed by atoms with E-state index in [-0.39, 0.29) is 4.90 Å². The Morgan fingerprint density at radius 2 is 1.43 bits per heavy atom. The summed E-state index contributed by atoms with van der Waals surface area (Å²) in [5.74, 6) is -0.783. The minimum atomic E-state index is -4.35. The summed E-state index contributed by atoms with van der Waals surface area (Å²) < 4.78 is 64.1. The van der Waals surface area contributed by atoms with Crippen molar-refractivity contribution in [2.45, 2.75) is 55.9 Å². The molecule has 0 amide bonds. The number of hydrogen-bond acceptors (Lipinski definition) is 8. The van der Waals surface area contributed by atoms with Crippen molar-refractivity contribution in [2.24, 2.45) is 0 Å². The summed E-state index contributed by atoms with van der Waals surface area (Å²) in [6.45, 7) is 6.48. The van der Waals surface area contributed by atoms with Crippen LogP contribution >= 0.6 is 15.9 Å². The molecular weight excluding hydrogens is 562 g/mol. The SMILES string of the molecule is CC(C)(C)OC(=O)[C@H](NS(=O)(=O)c1ccc(Oc2ccc(Br)cc2)cc1)C(C)(C)S(=O)(=O)CCO. The standard InChI is InChI=1S/C23H30BrNO8S2/c1-22(2,3)33-21(27)20(23(4,5)34(28,29)15-14-26)25-35(30,31)19-12-10-18(11-13-19)32-17-8-6-16(24)7-9-17/h6-13,20,25-26H,14-15H2,1-5H3/t20-/m0/s1. The molecule has 12 heteroatoms. The molecule has 0 aromatic heterocycles. The Morgan fingerprint density at radius 1 is 0.943 bits per heavy atom. The predicted molar refractivity (Wildman–Crippen MR) is 136 cm³/mol. The van der Waals surface area contributed by atoms with E-state index in [4.69, 9.17) is 9.47 Å². The lowest BCUT2D eigenvalue weighted by molar-refractivity contribution is -0.157. The van der Waals surface area contributed by atoms with Crippen molar-refractivity contribution in [2.75, 3.05) is 12.4 Å². The molecule has 2 N–H and O–H groups in total. The number of sulfonamides is 1. The number of ether oxygens (including phenoxy) is 2. The molecule has 0 saturated heterocycles. The first-order chi connectivity index (χ1) is 16.0. The van der Waals surface area contributed by atoms with E-state index in [2.05, 4.69) is 20.7 Å². The van der Waals surface area contributed by atoms with Gasteiger partial charge in [0.05, 0.1) is 22.0 Å². The van der Waals surface area contributed by atoms with Crippen LogP contribution < -0.4 is 9.46 Å². The fourth-order valence-electron chi connectivity index (χ4n) is 2.95. The molecular formula is C23H30BrNO8S2. The van der Waals surface area contributed by atoms with E-state index >= 15 is 0 Å². The van der Waals surface area contributed by atoms with E-state index in [0.717, 1.165) is 4.47 Å². The van der Waals surface area contributed by atoms with Gasteiger partial charge >= 0.3 is 5.97 Å². The fourth-order valence-corrected chi connectivity index (χ4v) is 5.90. The van der Waals surface area contributed by atoms with Gasteiger partial charge in [-0.25, -0.2) is 16.8 Å². The van der Waals surface area contributed by atoms with Gasteiger partial charge in [0.15, 0.2) is 9.84 Å². The third kappa shape index (κ3) is 7.74. The van der Waals surface area contributed by atoms with E-state index in [1.54, 1.807) is 45.0 Å². The Morgan fingerprint density at radius 3 is 1.89 bits per heavy atom. The lowest BCUT2D eigenvalue weighted by Gasteiger charge is -2.34. The molecule has 0 aliphatic heterocycles. The smallest absolute Gasteiger partial charge is 0.326 e. The Labute approximate surface area is 214 Å². The second kappa shape index (κ2) is 11.0. The molecule has 0 saturated carbocycles. The number of halogens is 1. The molecule has 0 bridgehead atoms. The number of benzene rings is 2. The zero-order valence-corrected chi connectivity index (χ0v) is 23.3. The summed E-state index contributed by atoms with van der Waals surface area (Å²) in [5.41, 5.74) is -0.996. The minimum absolute atomic E-state index is 0.204. The molecule has 0 aliphatic carbocycles. The van der Waals surface area contributed by atoms with E-state index in [0.29, 0.717) is 11.5 Å². The maximum atomic E-state index is 13.1. The minimum Gasteiger partial charge on any atom is -0.459 e. The topological polar surface area (TPSA) is 136 Å². The number of esters is 1. The zero-order valence-electron chi connectivity index (χ0n) is 20.1. The monoisotopic (exact) mass is 591 g/mol. The number of aliphatic hydroxyl groups excluding tert-OH is 1. The maximum Gasteiger partial charge on any atom is 0.326 e. The molecule has 194 valence electrons. The maximum absolute atomic E-state index is 13.1. The van der Waals surface area contributed by atoms with Gasteiger partial charge in [-0.3, -0.25) is 4.79 Å². The molecule has 0 heterocycles. The highest BCUT2D eigenvalue weighted by Crippen LogP contribution is 2.28. The largest absolute Gasteiger partial charge is 0.459 e. The van der Waals surface area contributed by atoms with E-state index < -0.39 is 54.6 Å². The first-order valence-electron chi connectivity index (χ1n) is 10.6. The van der Waals surface area contributed by atoms with Crippen LogP contribution in [0.3, 0.4) is 0 Å². The van der Waals surface area contributed by atoms with Crippen LogP contribution in [0.1, 0.15) is 34.6 Å². The van der Waals surface area contributed by atoms with Gasteiger partial charge in [-0.05, 0) is 83.1 Å². The Bertz CT molecular complexity index is 1230. The van der Waals surface area contributed by atoms with E-state index in [1.165, 1.54) is 38.1 Å². The highest BCUT2D eigenvalue weighted by atomic mass is 79.9. The molecule has 9 nitrogen and oxygen atoms in total. The molecule has 0 fully saturated rings. The molecule has 0 unspecified atom stereocenters. The van der Waals surface area contributed by atoms with Crippen molar-refractivity contribution in [3.63, 3.8) is 0 Å². The summed E-state index contributed by atoms with van der Waals surface area (Å²) in [4.78, 5) is 12.7. The van der Waals surface area contributed by atoms with Crippen LogP contribution in [0.15, 0.2) is 57.9 Å². The van der Waals surface area contributed by atoms with Gasteiger partial charge in [0.25, 0.3) is 0 Å². The van der Waals surface area contributed by atoms with Crippen molar-refractivity contribution in [1.29, 1.82) is 0 Å². The van der Waals surface area contributed by atoms with Crippen molar-refractivity contribution in [3.05, 3.63) is 53.0 Å². The number of sulfone groups is 1. The van der Waals surface area contributed by atoms with Gasteiger partial charge in [-0.2, -0.15) is 4.72 Å². The second-order valence-electron chi connectivity index (χ2n) is 9.26. The predicted octanol–water partition coefficient (Wildman–Crippen LogP) is 3.42. The van der Waals surface area contributed by atoms with Crippen molar-refractivity contribution in [3.8, 4) is 11.5 Å². The second-order valence-corrected chi connectivity index (χ2v) is 14.6. The quantitative estimate of drug-likeness (QED) is 0.401. The summed E-state index contributed by atoms with van der Waals surface area (Å²) >= 11 is 3.33. The molecule has 35 heavy (non-hydrogen) atoms. The van der Waals surface area contributed by atoms with Gasteiger partial charge in [-0.1, -0.05) is 15.9 Å². The fraction of sp³-hybridized carbons (Fsp3) is 0.435. The van der Waals surface area contributed by atoms with Crippen LogP contribution in [0.2, 0.25) is 0 Å². The first kappa shape index (κ1) is 29.2. The molecule has 2 aromatic rings. The van der Waals surface area contributed by atoms with Gasteiger partial charge in [0.2, 0.25) is 10.0 Å². The van der Waals surface area contributed by atoms with Crippen molar-refractivity contribution in [1.82, 2.24) is 4.72 Å². The van der Waals surface area contributed by atoms with Gasteiger partial charge in [0, 0.05) is 4.47 Å². The first-order valence-corrected chi connectivity index (χ1v) is 14.5. The van der Waals surface area contributed by atoms with Crippen LogP contribution in [0.25, 0.3) is 0 Å². The van der Waals surface area contributed by atoms with E-state index in [9.17, 15) is 26.7 Å². The lowest BCUT2D eigenvalue weighted by Crippen LogP contribution is -2.59. The number of aliphatic hydroxyl groups is 1. The summed E-state index contributed by atoms with van der Waals surface area (Å²) in [6.07, 6.45) is 0. The zero-order chi connectivity index (χ0) is 26.7. The third-order valence-corrected chi connectivity index (χ3v) is 9.48. The summed E-state index contributed by atoms with van der Waals surface area (Å²) in [6, 6.07) is 10.7. The Kier molecular flexibility index (Phi) is 9.15. The average Bonchev–Trinajstić information content (AvgIpc) is 2.72. The van der Waals surface area contributed by atoms with E-state index in [1.807, 2.05) is 0 Å². The third-order valence-electron chi connectivity index (χ3n) is 4.96. The van der Waals surface area contributed by atoms with Crippen LogP contribution in [0.5, 0.6) is 11.5 Å². The number of carbonyl (C=O) groups excluding carboxylic acids is 1. The average molecular weight is 593 g/mol. The van der Waals surface area contributed by atoms with Gasteiger partial charge in [0.1, 0.15) is 23.1 Å². The van der Waals surface area contributed by atoms with Crippen LogP contribution in [0, 0.1) is 0 Å². The number of rotatable bonds is 10. The number of carbonyl (C=O) groups is 1. The lowest BCUT2D eigenvalue weighted by atomic mass is 10.0. The van der Waals surface area contributed by atoms with Crippen molar-refractivity contribution >= 4 is 41.8 Å². The number of nitrogens with one attached hydrogen (secondary N) is 1. The normalized spacial score (nSPS) is 13.8. The molecule has 0 aliphatic rings. The van der Waals surface area contributed by atoms with Crippen LogP contribution in [0.4, 0.5) is 0 Å². The Hall–Kier alpha value is -1.99. The summed E-state index contributed by atoms with van der Waals surface area (Å²) in [7, 11) is -8.46. The van der Waals surface area contributed by atoms with Crippen LogP contribution in [-0.2, 0) is 29.4 Å². The molecule has 2 aromatic carbocycles. The summed E-state index contributed by atoms with van der Waals surface area (Å²) in [5, 5.41) is 9.18. The highest BCUT2D eigenvalue weighted by molar-refractivity contribution is 9.10. The molecule has 0 spiro atoms. The molecule has 0 radical (unpaired) electrons. The molecule has 1 atom stereocenters. The highest BCUT2D eigenvalue weighted by Gasteiger charge is 2.49. The van der Waals surface area contributed by atoms with Crippen LogP contribution in [-0.4, -0.2) is 56.7 Å². The van der Waals surface area contributed by atoms with Gasteiger partial charge < -0.3 is 14.6 Å². The van der Waals surface area contributed by atoms with Gasteiger partial charge in [-0.15, -0.1) is 0 Å². The number of hydrogen-bond donors (Lipinski definition) is 2.